The zero-order valence-corrected chi connectivity index (χ0v) is 12.7. The molecule has 0 bridgehead atoms. The molecule has 0 aliphatic carbocycles. The van der Waals surface area contributed by atoms with E-state index < -0.39 is 0 Å². The molecule has 6 nitrogen and oxygen atoms in total. The summed E-state index contributed by atoms with van der Waals surface area (Å²) in [4.78, 5) is 12.2. The molecule has 2 aromatic heterocycles. The lowest BCUT2D eigenvalue weighted by atomic mass is 10.2. The molecule has 3 rings (SSSR count). The fraction of sp³-hybridized carbons (Fsp3) is 0.176. The predicted molar refractivity (Wildman–Crippen MR) is 84.2 cm³/mol. The highest BCUT2D eigenvalue weighted by Gasteiger charge is 2.12. The third kappa shape index (κ3) is 3.60. The van der Waals surface area contributed by atoms with Crippen molar-refractivity contribution in [2.24, 2.45) is 0 Å². The SMILES string of the molecule is COc1ccccc1CNC(=O)c1ccc(Cn2cccn2)o1. The number of rotatable bonds is 6. The van der Waals surface area contributed by atoms with Crippen LogP contribution in [0.15, 0.2) is 59.3 Å². The molecule has 0 saturated heterocycles. The molecular weight excluding hydrogens is 294 g/mol. The van der Waals surface area contributed by atoms with Gasteiger partial charge in [0.05, 0.1) is 13.7 Å². The number of nitrogens with one attached hydrogen (secondary N) is 1. The molecular formula is C17H17N3O3. The van der Waals surface area contributed by atoms with Crippen LogP contribution in [-0.4, -0.2) is 22.8 Å². The molecule has 118 valence electrons. The fourth-order valence-electron chi connectivity index (χ4n) is 2.25. The van der Waals surface area contributed by atoms with Gasteiger partial charge in [0, 0.05) is 24.5 Å². The summed E-state index contributed by atoms with van der Waals surface area (Å²) < 4.78 is 12.6. The number of hydrogen-bond acceptors (Lipinski definition) is 4. The van der Waals surface area contributed by atoms with Gasteiger partial charge in [0.25, 0.3) is 5.91 Å². The van der Waals surface area contributed by atoms with Crippen LogP contribution >= 0.6 is 0 Å². The van der Waals surface area contributed by atoms with Gasteiger partial charge in [0.15, 0.2) is 5.76 Å². The Morgan fingerprint density at radius 2 is 2.13 bits per heavy atom. The Kier molecular flexibility index (Phi) is 4.42. The summed E-state index contributed by atoms with van der Waals surface area (Å²) in [6.45, 7) is 0.866. The van der Waals surface area contributed by atoms with Crippen LogP contribution in [0.4, 0.5) is 0 Å². The Morgan fingerprint density at radius 3 is 2.91 bits per heavy atom. The topological polar surface area (TPSA) is 69.3 Å². The lowest BCUT2D eigenvalue weighted by Gasteiger charge is -2.08. The summed E-state index contributed by atoms with van der Waals surface area (Å²) in [5, 5.41) is 6.93. The van der Waals surface area contributed by atoms with E-state index in [0.29, 0.717) is 18.8 Å². The van der Waals surface area contributed by atoms with Gasteiger partial charge in [0.1, 0.15) is 11.5 Å². The van der Waals surface area contributed by atoms with Crippen LogP contribution in [-0.2, 0) is 13.1 Å². The molecule has 3 aromatic rings. The van der Waals surface area contributed by atoms with Crippen LogP contribution in [0.2, 0.25) is 0 Å². The highest BCUT2D eigenvalue weighted by molar-refractivity contribution is 5.91. The largest absolute Gasteiger partial charge is 0.496 e. The Balaban J connectivity index is 1.61. The molecule has 0 spiro atoms. The molecule has 0 saturated carbocycles. The standard InChI is InChI=1S/C17H17N3O3/c1-22-15-6-3-2-5-13(15)11-18-17(21)16-8-7-14(23-16)12-20-10-4-9-19-20/h2-10H,11-12H2,1H3,(H,18,21). The molecule has 0 aliphatic rings. The molecule has 0 radical (unpaired) electrons. The second kappa shape index (κ2) is 6.83. The number of hydrogen-bond donors (Lipinski definition) is 1. The first-order valence-electron chi connectivity index (χ1n) is 7.22. The maximum Gasteiger partial charge on any atom is 0.287 e. The number of carbonyl (C=O) groups excluding carboxylic acids is 1. The molecule has 1 N–H and O–H groups in total. The number of para-hydroxylation sites is 1. The minimum Gasteiger partial charge on any atom is -0.496 e. The Labute approximate surface area is 133 Å². The van der Waals surface area contributed by atoms with E-state index in [1.54, 1.807) is 30.1 Å². The van der Waals surface area contributed by atoms with Crippen molar-refractivity contribution in [1.82, 2.24) is 15.1 Å². The summed E-state index contributed by atoms with van der Waals surface area (Å²) >= 11 is 0. The lowest BCUT2D eigenvalue weighted by molar-refractivity contribution is 0.0921. The summed E-state index contributed by atoms with van der Waals surface area (Å²) in [6.07, 6.45) is 3.54. The van der Waals surface area contributed by atoms with Crippen molar-refractivity contribution >= 4 is 5.91 Å². The van der Waals surface area contributed by atoms with E-state index in [4.69, 9.17) is 9.15 Å². The second-order valence-corrected chi connectivity index (χ2v) is 4.96. The predicted octanol–water partition coefficient (Wildman–Crippen LogP) is 2.46. The monoisotopic (exact) mass is 311 g/mol. The Morgan fingerprint density at radius 1 is 1.26 bits per heavy atom. The van der Waals surface area contributed by atoms with Crippen molar-refractivity contribution in [2.45, 2.75) is 13.1 Å². The molecule has 0 unspecified atom stereocenters. The highest BCUT2D eigenvalue weighted by atomic mass is 16.5. The van der Waals surface area contributed by atoms with Gasteiger partial charge in [-0.15, -0.1) is 0 Å². The van der Waals surface area contributed by atoms with Crippen LogP contribution in [0.25, 0.3) is 0 Å². The molecule has 0 atom stereocenters. The number of carbonyl (C=O) groups is 1. The maximum absolute atomic E-state index is 12.2. The van der Waals surface area contributed by atoms with Crippen LogP contribution in [0.1, 0.15) is 21.9 Å². The minimum absolute atomic E-state index is 0.261. The van der Waals surface area contributed by atoms with Crippen LogP contribution < -0.4 is 10.1 Å². The number of aromatic nitrogens is 2. The van der Waals surface area contributed by atoms with Gasteiger partial charge < -0.3 is 14.5 Å². The lowest BCUT2D eigenvalue weighted by Crippen LogP contribution is -2.22. The van der Waals surface area contributed by atoms with Crippen molar-refractivity contribution < 1.29 is 13.9 Å². The molecule has 0 aliphatic heterocycles. The van der Waals surface area contributed by atoms with Gasteiger partial charge >= 0.3 is 0 Å². The molecule has 23 heavy (non-hydrogen) atoms. The fourth-order valence-corrected chi connectivity index (χ4v) is 2.25. The molecule has 2 heterocycles. The third-order valence-electron chi connectivity index (χ3n) is 3.39. The van der Waals surface area contributed by atoms with Crippen molar-refractivity contribution in [1.29, 1.82) is 0 Å². The van der Waals surface area contributed by atoms with Gasteiger partial charge in [0.2, 0.25) is 0 Å². The average Bonchev–Trinajstić information content (AvgIpc) is 3.25. The maximum atomic E-state index is 12.2. The third-order valence-corrected chi connectivity index (χ3v) is 3.39. The zero-order valence-electron chi connectivity index (χ0n) is 12.7. The smallest absolute Gasteiger partial charge is 0.287 e. The van der Waals surface area contributed by atoms with Gasteiger partial charge in [-0.05, 0) is 24.3 Å². The van der Waals surface area contributed by atoms with Crippen molar-refractivity contribution in [3.05, 3.63) is 71.9 Å². The minimum atomic E-state index is -0.261. The van der Waals surface area contributed by atoms with E-state index in [2.05, 4.69) is 10.4 Å². The van der Waals surface area contributed by atoms with Crippen molar-refractivity contribution in [3.8, 4) is 5.75 Å². The van der Waals surface area contributed by atoms with Crippen LogP contribution in [0.5, 0.6) is 5.75 Å². The van der Waals surface area contributed by atoms with E-state index in [1.807, 2.05) is 36.5 Å². The molecule has 6 heteroatoms. The number of ether oxygens (including phenoxy) is 1. The Hall–Kier alpha value is -3.02. The van der Waals surface area contributed by atoms with E-state index in [9.17, 15) is 4.79 Å². The second-order valence-electron chi connectivity index (χ2n) is 4.96. The number of nitrogens with zero attached hydrogens (tertiary/aromatic N) is 2. The van der Waals surface area contributed by atoms with E-state index in [0.717, 1.165) is 11.3 Å². The van der Waals surface area contributed by atoms with E-state index in [1.165, 1.54) is 0 Å². The number of amides is 1. The molecule has 0 fully saturated rings. The van der Waals surface area contributed by atoms with E-state index >= 15 is 0 Å². The first kappa shape index (κ1) is 14.9. The normalized spacial score (nSPS) is 10.5. The summed E-state index contributed by atoms with van der Waals surface area (Å²) in [5.74, 6) is 1.44. The van der Waals surface area contributed by atoms with Crippen LogP contribution in [0, 0.1) is 0 Å². The number of methoxy groups -OCH3 is 1. The molecule has 1 amide bonds. The average molecular weight is 311 g/mol. The van der Waals surface area contributed by atoms with Crippen molar-refractivity contribution in [2.75, 3.05) is 7.11 Å². The van der Waals surface area contributed by atoms with Crippen molar-refractivity contribution in [3.63, 3.8) is 0 Å². The van der Waals surface area contributed by atoms with Gasteiger partial charge in [-0.2, -0.15) is 5.10 Å². The highest BCUT2D eigenvalue weighted by Crippen LogP contribution is 2.17. The number of benzene rings is 1. The number of furan rings is 1. The first-order chi connectivity index (χ1) is 11.3. The summed E-state index contributed by atoms with van der Waals surface area (Å²) in [6, 6.07) is 12.8. The zero-order chi connectivity index (χ0) is 16.1. The van der Waals surface area contributed by atoms with E-state index in [-0.39, 0.29) is 11.7 Å². The van der Waals surface area contributed by atoms with Gasteiger partial charge in [-0.1, -0.05) is 18.2 Å². The quantitative estimate of drug-likeness (QED) is 0.759. The summed E-state index contributed by atoms with van der Waals surface area (Å²) in [7, 11) is 1.61. The first-order valence-corrected chi connectivity index (χ1v) is 7.22. The summed E-state index contributed by atoms with van der Waals surface area (Å²) in [5.41, 5.74) is 0.909. The van der Waals surface area contributed by atoms with Crippen LogP contribution in [0.3, 0.4) is 0 Å². The molecule has 1 aromatic carbocycles. The Bertz CT molecular complexity index is 778. The van der Waals surface area contributed by atoms with Gasteiger partial charge in [-0.3, -0.25) is 9.48 Å². The van der Waals surface area contributed by atoms with Gasteiger partial charge in [-0.25, -0.2) is 0 Å².